The molecule has 0 spiro atoms. The van der Waals surface area contributed by atoms with Gasteiger partial charge in [0.1, 0.15) is 0 Å². The van der Waals surface area contributed by atoms with E-state index < -0.39 is 0 Å². The Bertz CT molecular complexity index is 231. The number of nitrogens with zero attached hydrogens (tertiary/aromatic N) is 1. The summed E-state index contributed by atoms with van der Waals surface area (Å²) in [7, 11) is 1.37. The fourth-order valence-corrected chi connectivity index (χ4v) is 0.811. The number of carbonyl (C=O) groups excluding carboxylic acids is 1. The van der Waals surface area contributed by atoms with E-state index in [2.05, 4.69) is 14.9 Å². The van der Waals surface area contributed by atoms with Crippen LogP contribution in [0.4, 0.5) is 0 Å². The molecule has 0 aliphatic heterocycles. The number of methoxy groups -OCH3 is 1. The third-order valence-electron chi connectivity index (χ3n) is 1.57. The minimum absolute atomic E-state index is 0.237. The summed E-state index contributed by atoms with van der Waals surface area (Å²) in [6.07, 6.45) is 3.29. The lowest BCUT2D eigenvalue weighted by Crippen LogP contribution is -2.09. The van der Waals surface area contributed by atoms with Gasteiger partial charge in [0.15, 0.2) is 0 Å². The summed E-state index contributed by atoms with van der Waals surface area (Å²) in [5.74, 6) is -0.481. The van der Waals surface area contributed by atoms with Gasteiger partial charge in [0.25, 0.3) is 0 Å². The SMILES string of the molecule is COC(=O)C(C)c1cn[nH]c1. The number of nitrogens with one attached hydrogen (secondary N) is 1. The second-order valence-corrected chi connectivity index (χ2v) is 2.28. The van der Waals surface area contributed by atoms with Gasteiger partial charge < -0.3 is 4.74 Å². The van der Waals surface area contributed by atoms with Crippen LogP contribution in [0.2, 0.25) is 0 Å². The van der Waals surface area contributed by atoms with Crippen LogP contribution in [0.5, 0.6) is 0 Å². The van der Waals surface area contributed by atoms with Crippen molar-refractivity contribution in [1.82, 2.24) is 10.2 Å². The Morgan fingerprint density at radius 1 is 1.82 bits per heavy atom. The molecule has 1 atom stereocenters. The summed E-state index contributed by atoms with van der Waals surface area (Å²) in [4.78, 5) is 10.9. The molecular weight excluding hydrogens is 144 g/mol. The number of aromatic nitrogens is 2. The highest BCUT2D eigenvalue weighted by Crippen LogP contribution is 2.13. The fraction of sp³-hybridized carbons (Fsp3) is 0.429. The largest absolute Gasteiger partial charge is 0.469 e. The molecule has 1 rings (SSSR count). The summed E-state index contributed by atoms with van der Waals surface area (Å²) in [5, 5.41) is 6.36. The van der Waals surface area contributed by atoms with E-state index in [4.69, 9.17) is 0 Å². The molecule has 1 heterocycles. The maximum Gasteiger partial charge on any atom is 0.312 e. The van der Waals surface area contributed by atoms with Crippen LogP contribution in [0.15, 0.2) is 12.4 Å². The van der Waals surface area contributed by atoms with Gasteiger partial charge in [-0.2, -0.15) is 5.10 Å². The molecule has 0 aromatic carbocycles. The van der Waals surface area contributed by atoms with Crippen molar-refractivity contribution in [2.45, 2.75) is 12.8 Å². The second kappa shape index (κ2) is 3.18. The van der Waals surface area contributed by atoms with E-state index in [0.717, 1.165) is 5.56 Å². The predicted octanol–water partition coefficient (Wildman–Crippen LogP) is 0.686. The summed E-state index contributed by atoms with van der Waals surface area (Å²) >= 11 is 0. The molecule has 1 aromatic rings. The van der Waals surface area contributed by atoms with Gasteiger partial charge in [-0.1, -0.05) is 0 Å². The molecule has 0 saturated carbocycles. The van der Waals surface area contributed by atoms with Crippen LogP contribution < -0.4 is 0 Å². The van der Waals surface area contributed by atoms with Crippen LogP contribution in [0.1, 0.15) is 18.4 Å². The molecular formula is C7H10N2O2. The quantitative estimate of drug-likeness (QED) is 0.637. The highest BCUT2D eigenvalue weighted by Gasteiger charge is 2.15. The van der Waals surface area contributed by atoms with E-state index >= 15 is 0 Å². The lowest BCUT2D eigenvalue weighted by atomic mass is 10.1. The number of ether oxygens (including phenoxy) is 1. The summed E-state index contributed by atoms with van der Waals surface area (Å²) in [6.45, 7) is 1.77. The Hall–Kier alpha value is -1.32. The third-order valence-corrected chi connectivity index (χ3v) is 1.57. The Morgan fingerprint density at radius 3 is 3.00 bits per heavy atom. The predicted molar refractivity (Wildman–Crippen MR) is 39.0 cm³/mol. The van der Waals surface area contributed by atoms with Crippen molar-refractivity contribution in [3.05, 3.63) is 18.0 Å². The van der Waals surface area contributed by atoms with Crippen LogP contribution in [0.25, 0.3) is 0 Å². The topological polar surface area (TPSA) is 55.0 Å². The van der Waals surface area contributed by atoms with Crippen molar-refractivity contribution in [1.29, 1.82) is 0 Å². The number of carbonyl (C=O) groups is 1. The minimum atomic E-state index is -0.244. The first kappa shape index (κ1) is 7.78. The van der Waals surface area contributed by atoms with Gasteiger partial charge in [-0.3, -0.25) is 9.89 Å². The zero-order chi connectivity index (χ0) is 8.27. The Morgan fingerprint density at radius 2 is 2.55 bits per heavy atom. The molecule has 0 amide bonds. The maximum atomic E-state index is 10.9. The van der Waals surface area contributed by atoms with Gasteiger partial charge in [-0.25, -0.2) is 0 Å². The molecule has 0 saturated heterocycles. The Kier molecular flexibility index (Phi) is 2.25. The van der Waals surface area contributed by atoms with E-state index in [0.29, 0.717) is 0 Å². The van der Waals surface area contributed by atoms with Gasteiger partial charge in [-0.05, 0) is 6.92 Å². The number of hydrogen-bond donors (Lipinski definition) is 1. The Balaban J connectivity index is 2.70. The standard InChI is InChI=1S/C7H10N2O2/c1-5(7(10)11-2)6-3-8-9-4-6/h3-5H,1-2H3,(H,8,9). The molecule has 60 valence electrons. The van der Waals surface area contributed by atoms with Crippen molar-refractivity contribution in [2.24, 2.45) is 0 Å². The molecule has 11 heavy (non-hydrogen) atoms. The van der Waals surface area contributed by atoms with Crippen LogP contribution >= 0.6 is 0 Å². The van der Waals surface area contributed by atoms with Crippen LogP contribution in [0, 0.1) is 0 Å². The summed E-state index contributed by atoms with van der Waals surface area (Å²) in [6, 6.07) is 0. The first-order valence-corrected chi connectivity index (χ1v) is 3.32. The number of hydrogen-bond acceptors (Lipinski definition) is 3. The average Bonchev–Trinajstić information content (AvgIpc) is 2.53. The lowest BCUT2D eigenvalue weighted by molar-refractivity contribution is -0.141. The van der Waals surface area contributed by atoms with E-state index in [1.165, 1.54) is 7.11 Å². The molecule has 1 aromatic heterocycles. The van der Waals surface area contributed by atoms with E-state index in [9.17, 15) is 4.79 Å². The van der Waals surface area contributed by atoms with Crippen LogP contribution in [0.3, 0.4) is 0 Å². The van der Waals surface area contributed by atoms with E-state index in [-0.39, 0.29) is 11.9 Å². The highest BCUT2D eigenvalue weighted by molar-refractivity contribution is 5.77. The molecule has 0 radical (unpaired) electrons. The Labute approximate surface area is 64.6 Å². The van der Waals surface area contributed by atoms with Gasteiger partial charge >= 0.3 is 5.97 Å². The fourth-order valence-electron chi connectivity index (χ4n) is 0.811. The summed E-state index contributed by atoms with van der Waals surface area (Å²) < 4.78 is 4.56. The average molecular weight is 154 g/mol. The third kappa shape index (κ3) is 1.58. The number of esters is 1. The first-order valence-electron chi connectivity index (χ1n) is 3.32. The van der Waals surface area contributed by atoms with Crippen molar-refractivity contribution in [3.63, 3.8) is 0 Å². The van der Waals surface area contributed by atoms with Crippen molar-refractivity contribution in [2.75, 3.05) is 7.11 Å². The summed E-state index contributed by atoms with van der Waals surface area (Å²) in [5.41, 5.74) is 0.844. The van der Waals surface area contributed by atoms with Crippen molar-refractivity contribution in [3.8, 4) is 0 Å². The molecule has 4 heteroatoms. The minimum Gasteiger partial charge on any atom is -0.469 e. The lowest BCUT2D eigenvalue weighted by Gasteiger charge is -2.04. The molecule has 0 bridgehead atoms. The van der Waals surface area contributed by atoms with Gasteiger partial charge in [0, 0.05) is 11.8 Å². The zero-order valence-electron chi connectivity index (χ0n) is 6.50. The number of rotatable bonds is 2. The number of H-pyrrole nitrogens is 1. The monoisotopic (exact) mass is 154 g/mol. The molecule has 4 nitrogen and oxygen atoms in total. The van der Waals surface area contributed by atoms with Crippen LogP contribution in [-0.2, 0) is 9.53 Å². The van der Waals surface area contributed by atoms with Gasteiger partial charge in [0.05, 0.1) is 19.2 Å². The highest BCUT2D eigenvalue weighted by atomic mass is 16.5. The maximum absolute atomic E-state index is 10.9. The molecule has 1 unspecified atom stereocenters. The van der Waals surface area contributed by atoms with Crippen molar-refractivity contribution < 1.29 is 9.53 Å². The van der Waals surface area contributed by atoms with Gasteiger partial charge in [-0.15, -0.1) is 0 Å². The molecule has 0 aliphatic carbocycles. The molecule has 0 fully saturated rings. The second-order valence-electron chi connectivity index (χ2n) is 2.28. The smallest absolute Gasteiger partial charge is 0.312 e. The van der Waals surface area contributed by atoms with Crippen molar-refractivity contribution >= 4 is 5.97 Å². The number of aromatic amines is 1. The first-order chi connectivity index (χ1) is 5.25. The normalized spacial score (nSPS) is 12.5. The van der Waals surface area contributed by atoms with Crippen LogP contribution in [-0.4, -0.2) is 23.3 Å². The molecule has 1 N–H and O–H groups in total. The van der Waals surface area contributed by atoms with E-state index in [1.807, 2.05) is 0 Å². The van der Waals surface area contributed by atoms with Gasteiger partial charge in [0.2, 0.25) is 0 Å². The zero-order valence-corrected chi connectivity index (χ0v) is 6.50. The molecule has 0 aliphatic rings. The van der Waals surface area contributed by atoms with E-state index in [1.54, 1.807) is 19.3 Å².